The third kappa shape index (κ3) is 3.05. The molecule has 0 saturated carbocycles. The van der Waals surface area contributed by atoms with Crippen LogP contribution in [0.4, 0.5) is 0 Å². The van der Waals surface area contributed by atoms with Gasteiger partial charge in [0.25, 0.3) is 0 Å². The summed E-state index contributed by atoms with van der Waals surface area (Å²) in [5, 5.41) is 8.93. The van der Waals surface area contributed by atoms with E-state index in [2.05, 4.69) is 26.2 Å². The van der Waals surface area contributed by atoms with Crippen molar-refractivity contribution in [2.75, 3.05) is 5.88 Å². The van der Waals surface area contributed by atoms with Gasteiger partial charge in [0.2, 0.25) is 0 Å². The topological polar surface area (TPSA) is 30.7 Å². The fourth-order valence-corrected chi connectivity index (χ4v) is 2.52. The third-order valence-electron chi connectivity index (χ3n) is 2.58. The summed E-state index contributed by atoms with van der Waals surface area (Å²) in [4.78, 5) is 0. The summed E-state index contributed by atoms with van der Waals surface area (Å²) >= 11 is 15.3. The van der Waals surface area contributed by atoms with Gasteiger partial charge in [0, 0.05) is 15.4 Å². The summed E-state index contributed by atoms with van der Waals surface area (Å²) in [5.74, 6) is 0.632. The smallest absolute Gasteiger partial charge is 0.0832 e. The molecule has 3 nitrogen and oxygen atoms in total. The van der Waals surface area contributed by atoms with E-state index in [1.54, 1.807) is 4.68 Å². The van der Waals surface area contributed by atoms with Crippen LogP contribution >= 0.6 is 39.1 Å². The van der Waals surface area contributed by atoms with Crippen molar-refractivity contribution < 1.29 is 0 Å². The standard InChI is InChI=1S/C12H12BrCl2N3/c1-8-5-10(13)12(6-11(8)15)18-7-9(16-17-18)3-2-4-14/h5-7H,2-4H2,1H3. The van der Waals surface area contributed by atoms with Gasteiger partial charge in [-0.15, -0.1) is 16.7 Å². The largest absolute Gasteiger partial charge is 0.219 e. The minimum absolute atomic E-state index is 0.632. The monoisotopic (exact) mass is 347 g/mol. The number of benzene rings is 1. The Labute approximate surface area is 124 Å². The van der Waals surface area contributed by atoms with E-state index in [4.69, 9.17) is 23.2 Å². The Morgan fingerprint density at radius 1 is 1.39 bits per heavy atom. The molecule has 1 heterocycles. The average molecular weight is 349 g/mol. The number of aryl methyl sites for hydroxylation is 2. The van der Waals surface area contributed by atoms with Crippen LogP contribution in [0.5, 0.6) is 0 Å². The van der Waals surface area contributed by atoms with Crippen molar-refractivity contribution in [1.29, 1.82) is 0 Å². The van der Waals surface area contributed by atoms with E-state index >= 15 is 0 Å². The van der Waals surface area contributed by atoms with Gasteiger partial charge in [-0.3, -0.25) is 0 Å². The van der Waals surface area contributed by atoms with Crippen LogP contribution in [0.1, 0.15) is 17.7 Å². The minimum Gasteiger partial charge on any atom is -0.219 e. The average Bonchev–Trinajstić information content (AvgIpc) is 2.79. The lowest BCUT2D eigenvalue weighted by atomic mass is 10.2. The predicted molar refractivity (Wildman–Crippen MR) is 77.8 cm³/mol. The first kappa shape index (κ1) is 13.8. The summed E-state index contributed by atoms with van der Waals surface area (Å²) in [6, 6.07) is 3.85. The molecule has 2 rings (SSSR count). The number of aromatic nitrogens is 3. The number of hydrogen-bond donors (Lipinski definition) is 0. The molecule has 96 valence electrons. The maximum atomic E-state index is 6.13. The Morgan fingerprint density at radius 2 is 2.17 bits per heavy atom. The summed E-state index contributed by atoms with van der Waals surface area (Å²) in [5.41, 5.74) is 2.84. The Kier molecular flexibility index (Phi) is 4.65. The van der Waals surface area contributed by atoms with Crippen molar-refractivity contribution in [1.82, 2.24) is 15.0 Å². The Morgan fingerprint density at radius 3 is 2.89 bits per heavy atom. The van der Waals surface area contributed by atoms with E-state index in [0.29, 0.717) is 10.9 Å². The van der Waals surface area contributed by atoms with Gasteiger partial charge in [-0.1, -0.05) is 16.8 Å². The number of rotatable bonds is 4. The number of hydrogen-bond acceptors (Lipinski definition) is 2. The molecule has 0 spiro atoms. The molecule has 0 unspecified atom stereocenters. The van der Waals surface area contributed by atoms with Crippen LogP contribution in [0.3, 0.4) is 0 Å². The number of halogens is 3. The van der Waals surface area contributed by atoms with Crippen molar-refractivity contribution in [2.24, 2.45) is 0 Å². The van der Waals surface area contributed by atoms with Crippen LogP contribution in [-0.2, 0) is 6.42 Å². The van der Waals surface area contributed by atoms with Gasteiger partial charge in [0.1, 0.15) is 0 Å². The molecule has 6 heteroatoms. The van der Waals surface area contributed by atoms with Gasteiger partial charge >= 0.3 is 0 Å². The highest BCUT2D eigenvalue weighted by Gasteiger charge is 2.09. The van der Waals surface area contributed by atoms with Crippen molar-refractivity contribution >= 4 is 39.1 Å². The molecule has 0 aliphatic heterocycles. The van der Waals surface area contributed by atoms with Gasteiger partial charge in [0.15, 0.2) is 0 Å². The Bertz CT molecular complexity index is 554. The van der Waals surface area contributed by atoms with Crippen molar-refractivity contribution in [2.45, 2.75) is 19.8 Å². The molecular weight excluding hydrogens is 337 g/mol. The molecule has 0 fully saturated rings. The van der Waals surface area contributed by atoms with Gasteiger partial charge in [-0.2, -0.15) is 0 Å². The molecule has 18 heavy (non-hydrogen) atoms. The van der Waals surface area contributed by atoms with Crippen LogP contribution < -0.4 is 0 Å². The fraction of sp³-hybridized carbons (Fsp3) is 0.333. The number of alkyl halides is 1. The third-order valence-corrected chi connectivity index (χ3v) is 3.89. The van der Waals surface area contributed by atoms with Crippen LogP contribution in [0, 0.1) is 6.92 Å². The summed E-state index contributed by atoms with van der Waals surface area (Å²) in [7, 11) is 0. The fourth-order valence-electron chi connectivity index (χ4n) is 1.59. The van der Waals surface area contributed by atoms with Gasteiger partial charge < -0.3 is 0 Å². The summed E-state index contributed by atoms with van der Waals surface area (Å²) < 4.78 is 2.66. The second-order valence-electron chi connectivity index (χ2n) is 4.00. The molecule has 0 N–H and O–H groups in total. The molecule has 0 bridgehead atoms. The first-order valence-corrected chi connectivity index (χ1v) is 7.25. The van der Waals surface area contributed by atoms with E-state index < -0.39 is 0 Å². The van der Waals surface area contributed by atoms with E-state index in [9.17, 15) is 0 Å². The lowest BCUT2D eigenvalue weighted by Crippen LogP contribution is -1.97. The second-order valence-corrected chi connectivity index (χ2v) is 5.64. The second kappa shape index (κ2) is 6.04. The molecular formula is C12H12BrCl2N3. The molecule has 1 aromatic carbocycles. The lowest BCUT2D eigenvalue weighted by Gasteiger charge is -2.06. The van der Waals surface area contributed by atoms with E-state index in [1.165, 1.54) is 0 Å². The summed E-state index contributed by atoms with van der Waals surface area (Å²) in [6.07, 6.45) is 3.63. The highest BCUT2D eigenvalue weighted by molar-refractivity contribution is 9.10. The SMILES string of the molecule is Cc1cc(Br)c(-n2cc(CCCCl)nn2)cc1Cl. The molecule has 0 saturated heterocycles. The number of nitrogens with zero attached hydrogens (tertiary/aromatic N) is 3. The highest BCUT2D eigenvalue weighted by Crippen LogP contribution is 2.27. The van der Waals surface area contributed by atoms with Gasteiger partial charge in [-0.25, -0.2) is 4.68 Å². The molecule has 0 atom stereocenters. The highest BCUT2D eigenvalue weighted by atomic mass is 79.9. The molecule has 0 aliphatic carbocycles. The minimum atomic E-state index is 0.632. The lowest BCUT2D eigenvalue weighted by molar-refractivity contribution is 0.789. The maximum Gasteiger partial charge on any atom is 0.0832 e. The van der Waals surface area contributed by atoms with Crippen LogP contribution in [-0.4, -0.2) is 20.9 Å². The molecule has 2 aromatic rings. The molecule has 1 aromatic heterocycles. The van der Waals surface area contributed by atoms with Crippen LogP contribution in [0.25, 0.3) is 5.69 Å². The normalized spacial score (nSPS) is 10.9. The zero-order valence-electron chi connectivity index (χ0n) is 9.83. The van der Waals surface area contributed by atoms with Crippen LogP contribution in [0.2, 0.25) is 5.02 Å². The van der Waals surface area contributed by atoms with Crippen LogP contribution in [0.15, 0.2) is 22.8 Å². The van der Waals surface area contributed by atoms with Gasteiger partial charge in [0.05, 0.1) is 17.6 Å². The maximum absolute atomic E-state index is 6.13. The van der Waals surface area contributed by atoms with E-state index in [-0.39, 0.29) is 0 Å². The summed E-state index contributed by atoms with van der Waals surface area (Å²) in [6.45, 7) is 1.96. The quantitative estimate of drug-likeness (QED) is 0.776. The molecule has 0 amide bonds. The van der Waals surface area contributed by atoms with Crippen molar-refractivity contribution in [3.05, 3.63) is 39.1 Å². The first-order chi connectivity index (χ1) is 8.61. The Hall–Kier alpha value is -0.580. The van der Waals surface area contributed by atoms with E-state index in [0.717, 1.165) is 34.3 Å². The predicted octanol–water partition coefficient (Wildman–Crippen LogP) is 4.16. The Balaban J connectivity index is 2.31. The zero-order chi connectivity index (χ0) is 13.1. The molecule has 0 radical (unpaired) electrons. The van der Waals surface area contributed by atoms with Gasteiger partial charge in [-0.05, 0) is 53.4 Å². The zero-order valence-corrected chi connectivity index (χ0v) is 12.9. The first-order valence-electron chi connectivity index (χ1n) is 5.55. The van der Waals surface area contributed by atoms with E-state index in [1.807, 2.05) is 25.3 Å². The van der Waals surface area contributed by atoms with Crippen molar-refractivity contribution in [3.8, 4) is 5.69 Å². The van der Waals surface area contributed by atoms with Crippen molar-refractivity contribution in [3.63, 3.8) is 0 Å². The molecule has 0 aliphatic rings.